The molecule has 2 N–H and O–H groups in total. The van der Waals surface area contributed by atoms with E-state index in [1.807, 2.05) is 31.2 Å². The smallest absolute Gasteiger partial charge is 0.221 e. The van der Waals surface area contributed by atoms with Crippen molar-refractivity contribution in [2.75, 3.05) is 26.8 Å². The molecule has 4 nitrogen and oxygen atoms in total. The molecule has 0 saturated heterocycles. The Balaban J connectivity index is 2.15. The van der Waals surface area contributed by atoms with E-state index in [1.165, 1.54) is 5.56 Å². The molecule has 0 aromatic heterocycles. The van der Waals surface area contributed by atoms with E-state index in [4.69, 9.17) is 4.74 Å². The maximum atomic E-state index is 11.6. The SMILES string of the molecule is COCCNCCC(=O)NCc1ccccc1C. The van der Waals surface area contributed by atoms with E-state index in [0.717, 1.165) is 12.1 Å². The zero-order chi connectivity index (χ0) is 13.2. The predicted octanol–water partition coefficient (Wildman–Crippen LogP) is 1.24. The highest BCUT2D eigenvalue weighted by molar-refractivity contribution is 5.76. The Kier molecular flexibility index (Phi) is 7.06. The molecule has 0 fully saturated rings. The highest BCUT2D eigenvalue weighted by Gasteiger charge is 2.02. The summed E-state index contributed by atoms with van der Waals surface area (Å²) in [5, 5.41) is 6.06. The van der Waals surface area contributed by atoms with Gasteiger partial charge in [0.2, 0.25) is 5.91 Å². The van der Waals surface area contributed by atoms with Gasteiger partial charge in [0.1, 0.15) is 0 Å². The van der Waals surface area contributed by atoms with Crippen LogP contribution in [0, 0.1) is 6.92 Å². The normalized spacial score (nSPS) is 10.3. The number of carbonyl (C=O) groups excluding carboxylic acids is 1. The zero-order valence-corrected chi connectivity index (χ0v) is 11.2. The summed E-state index contributed by atoms with van der Waals surface area (Å²) >= 11 is 0. The fraction of sp³-hybridized carbons (Fsp3) is 0.500. The van der Waals surface area contributed by atoms with Crippen LogP contribution in [-0.4, -0.2) is 32.7 Å². The van der Waals surface area contributed by atoms with Crippen LogP contribution in [0.5, 0.6) is 0 Å². The van der Waals surface area contributed by atoms with Crippen LogP contribution < -0.4 is 10.6 Å². The number of nitrogens with one attached hydrogen (secondary N) is 2. The van der Waals surface area contributed by atoms with Crippen molar-refractivity contribution in [2.45, 2.75) is 19.9 Å². The lowest BCUT2D eigenvalue weighted by Gasteiger charge is -2.08. The minimum Gasteiger partial charge on any atom is -0.383 e. The first-order valence-electron chi connectivity index (χ1n) is 6.25. The lowest BCUT2D eigenvalue weighted by molar-refractivity contribution is -0.121. The van der Waals surface area contributed by atoms with E-state index in [0.29, 0.717) is 26.1 Å². The van der Waals surface area contributed by atoms with Gasteiger partial charge in [0.05, 0.1) is 6.61 Å². The molecule has 0 atom stereocenters. The van der Waals surface area contributed by atoms with Crippen LogP contribution in [0.15, 0.2) is 24.3 Å². The van der Waals surface area contributed by atoms with Crippen molar-refractivity contribution in [3.05, 3.63) is 35.4 Å². The second kappa shape index (κ2) is 8.66. The molecule has 0 unspecified atom stereocenters. The van der Waals surface area contributed by atoms with Crippen LogP contribution in [0.3, 0.4) is 0 Å². The number of rotatable bonds is 8. The van der Waals surface area contributed by atoms with Gasteiger partial charge in [-0.05, 0) is 18.1 Å². The third-order valence-electron chi connectivity index (χ3n) is 2.75. The first kappa shape index (κ1) is 14.7. The van der Waals surface area contributed by atoms with Gasteiger partial charge in [-0.25, -0.2) is 0 Å². The van der Waals surface area contributed by atoms with Gasteiger partial charge >= 0.3 is 0 Å². The molecule has 0 aliphatic heterocycles. The first-order chi connectivity index (χ1) is 8.74. The molecule has 1 aromatic rings. The van der Waals surface area contributed by atoms with Crippen LogP contribution in [0.25, 0.3) is 0 Å². The van der Waals surface area contributed by atoms with Gasteiger partial charge < -0.3 is 15.4 Å². The Morgan fingerprint density at radius 3 is 2.78 bits per heavy atom. The van der Waals surface area contributed by atoms with Crippen LogP contribution >= 0.6 is 0 Å². The maximum Gasteiger partial charge on any atom is 0.221 e. The van der Waals surface area contributed by atoms with Crippen molar-refractivity contribution >= 4 is 5.91 Å². The topological polar surface area (TPSA) is 50.4 Å². The summed E-state index contributed by atoms with van der Waals surface area (Å²) in [6.45, 7) is 4.78. The van der Waals surface area contributed by atoms with Gasteiger partial charge in [0.15, 0.2) is 0 Å². The van der Waals surface area contributed by atoms with E-state index in [2.05, 4.69) is 10.6 Å². The Morgan fingerprint density at radius 1 is 1.28 bits per heavy atom. The van der Waals surface area contributed by atoms with Crippen LogP contribution in [-0.2, 0) is 16.1 Å². The van der Waals surface area contributed by atoms with Gasteiger partial charge in [0.25, 0.3) is 0 Å². The lowest BCUT2D eigenvalue weighted by atomic mass is 10.1. The molecule has 0 spiro atoms. The number of ether oxygens (including phenoxy) is 1. The summed E-state index contributed by atoms with van der Waals surface area (Å²) in [7, 11) is 1.66. The van der Waals surface area contributed by atoms with E-state index in [9.17, 15) is 4.79 Å². The molecule has 1 aromatic carbocycles. The molecule has 100 valence electrons. The van der Waals surface area contributed by atoms with Gasteiger partial charge in [-0.1, -0.05) is 24.3 Å². The van der Waals surface area contributed by atoms with Gasteiger partial charge in [-0.2, -0.15) is 0 Å². The summed E-state index contributed by atoms with van der Waals surface area (Å²) in [6, 6.07) is 8.07. The van der Waals surface area contributed by atoms with E-state index < -0.39 is 0 Å². The van der Waals surface area contributed by atoms with Crippen molar-refractivity contribution in [3.8, 4) is 0 Å². The summed E-state index contributed by atoms with van der Waals surface area (Å²) in [4.78, 5) is 11.6. The first-order valence-corrected chi connectivity index (χ1v) is 6.25. The molecule has 0 aliphatic carbocycles. The Morgan fingerprint density at radius 2 is 2.06 bits per heavy atom. The Hall–Kier alpha value is -1.39. The molecule has 4 heteroatoms. The van der Waals surface area contributed by atoms with E-state index >= 15 is 0 Å². The number of benzene rings is 1. The van der Waals surface area contributed by atoms with E-state index in [1.54, 1.807) is 7.11 Å². The van der Waals surface area contributed by atoms with Crippen molar-refractivity contribution in [2.24, 2.45) is 0 Å². The summed E-state index contributed by atoms with van der Waals surface area (Å²) in [5.74, 6) is 0.0724. The second-order valence-electron chi connectivity index (χ2n) is 4.20. The molecule has 0 heterocycles. The number of hydrogen-bond acceptors (Lipinski definition) is 3. The minimum absolute atomic E-state index is 0.0724. The summed E-state index contributed by atoms with van der Waals surface area (Å²) < 4.78 is 4.90. The summed E-state index contributed by atoms with van der Waals surface area (Å²) in [6.07, 6.45) is 0.496. The van der Waals surface area contributed by atoms with Crippen molar-refractivity contribution in [1.82, 2.24) is 10.6 Å². The fourth-order valence-electron chi connectivity index (χ4n) is 1.59. The molecule has 1 amide bonds. The van der Waals surface area contributed by atoms with Crippen molar-refractivity contribution in [3.63, 3.8) is 0 Å². The van der Waals surface area contributed by atoms with Crippen molar-refractivity contribution in [1.29, 1.82) is 0 Å². The molecular formula is C14H22N2O2. The van der Waals surface area contributed by atoms with Crippen molar-refractivity contribution < 1.29 is 9.53 Å². The summed E-state index contributed by atoms with van der Waals surface area (Å²) in [5.41, 5.74) is 2.37. The van der Waals surface area contributed by atoms with Crippen LogP contribution in [0.4, 0.5) is 0 Å². The highest BCUT2D eigenvalue weighted by Crippen LogP contribution is 2.05. The monoisotopic (exact) mass is 250 g/mol. The largest absolute Gasteiger partial charge is 0.383 e. The number of amides is 1. The minimum atomic E-state index is 0.0724. The number of aryl methyl sites for hydroxylation is 1. The van der Waals surface area contributed by atoms with Crippen LogP contribution in [0.1, 0.15) is 17.5 Å². The predicted molar refractivity (Wildman–Crippen MR) is 72.4 cm³/mol. The molecule has 0 aliphatic rings. The van der Waals surface area contributed by atoms with Crippen LogP contribution in [0.2, 0.25) is 0 Å². The Labute approximate surface area is 109 Å². The molecule has 0 bridgehead atoms. The second-order valence-corrected chi connectivity index (χ2v) is 4.20. The third-order valence-corrected chi connectivity index (χ3v) is 2.75. The molecule has 0 radical (unpaired) electrons. The molecule has 18 heavy (non-hydrogen) atoms. The highest BCUT2D eigenvalue weighted by atomic mass is 16.5. The van der Waals surface area contributed by atoms with Gasteiger partial charge in [0, 0.05) is 33.2 Å². The standard InChI is InChI=1S/C14H22N2O2/c1-12-5-3-4-6-13(12)11-16-14(17)7-8-15-9-10-18-2/h3-6,15H,7-11H2,1-2H3,(H,16,17). The number of hydrogen-bond donors (Lipinski definition) is 2. The average Bonchev–Trinajstić information content (AvgIpc) is 2.37. The van der Waals surface area contributed by atoms with Gasteiger partial charge in [-0.15, -0.1) is 0 Å². The molecule has 1 rings (SSSR count). The molecular weight excluding hydrogens is 228 g/mol. The lowest BCUT2D eigenvalue weighted by Crippen LogP contribution is -2.28. The molecule has 0 saturated carbocycles. The Bertz CT molecular complexity index is 367. The quantitative estimate of drug-likeness (QED) is 0.682. The fourth-order valence-corrected chi connectivity index (χ4v) is 1.59. The van der Waals surface area contributed by atoms with Gasteiger partial charge in [-0.3, -0.25) is 4.79 Å². The number of methoxy groups -OCH3 is 1. The third kappa shape index (κ3) is 5.80. The van der Waals surface area contributed by atoms with E-state index in [-0.39, 0.29) is 5.91 Å². The number of carbonyl (C=O) groups is 1. The maximum absolute atomic E-state index is 11.6. The average molecular weight is 250 g/mol. The zero-order valence-electron chi connectivity index (χ0n) is 11.2.